The predicted molar refractivity (Wildman–Crippen MR) is 99.8 cm³/mol. The Balaban J connectivity index is 1.57. The molecule has 1 aromatic carbocycles. The molecule has 0 amide bonds. The van der Waals surface area contributed by atoms with Gasteiger partial charge >= 0.3 is 0 Å². The van der Waals surface area contributed by atoms with Gasteiger partial charge in [-0.3, -0.25) is 9.97 Å². The summed E-state index contributed by atoms with van der Waals surface area (Å²) in [5, 5.41) is 10.0. The van der Waals surface area contributed by atoms with E-state index in [2.05, 4.69) is 35.7 Å². The highest BCUT2D eigenvalue weighted by Crippen LogP contribution is 2.30. The quantitative estimate of drug-likeness (QED) is 0.733. The summed E-state index contributed by atoms with van der Waals surface area (Å²) in [6, 6.07) is 11.5. The number of rotatable bonds is 2. The summed E-state index contributed by atoms with van der Waals surface area (Å²) in [5.41, 5.74) is 3.84. The lowest BCUT2D eigenvalue weighted by molar-refractivity contribution is 0.472. The van der Waals surface area contributed by atoms with Crippen molar-refractivity contribution < 1.29 is 5.11 Å². The summed E-state index contributed by atoms with van der Waals surface area (Å²) < 4.78 is 0.934. The zero-order valence-electron chi connectivity index (χ0n) is 13.1. The third-order valence-electron chi connectivity index (χ3n) is 4.37. The van der Waals surface area contributed by atoms with Crippen LogP contribution in [0.4, 0.5) is 11.4 Å². The minimum absolute atomic E-state index is 0.340. The number of hydrogen-bond donors (Lipinski definition) is 1. The van der Waals surface area contributed by atoms with Crippen LogP contribution in [0.5, 0.6) is 5.75 Å². The van der Waals surface area contributed by atoms with Crippen LogP contribution < -0.4 is 9.80 Å². The first kappa shape index (κ1) is 15.2. The van der Waals surface area contributed by atoms with Gasteiger partial charge in [0.05, 0.1) is 16.9 Å². The Bertz CT molecular complexity index is 878. The van der Waals surface area contributed by atoms with Gasteiger partial charge in [0, 0.05) is 43.0 Å². The SMILES string of the molecule is Oc1ccccc1N1CCN(c2ccnc3cc(Br)cnc23)CC1. The fourth-order valence-corrected chi connectivity index (χ4v) is 3.49. The Morgan fingerprint density at radius 1 is 0.917 bits per heavy atom. The number of aromatic hydroxyl groups is 1. The summed E-state index contributed by atoms with van der Waals surface area (Å²) in [6.07, 6.45) is 3.65. The molecule has 0 atom stereocenters. The molecule has 4 rings (SSSR count). The molecule has 0 unspecified atom stereocenters. The molecule has 0 radical (unpaired) electrons. The smallest absolute Gasteiger partial charge is 0.138 e. The summed E-state index contributed by atoms with van der Waals surface area (Å²) in [4.78, 5) is 13.5. The van der Waals surface area contributed by atoms with E-state index in [0.717, 1.165) is 53.1 Å². The van der Waals surface area contributed by atoms with Gasteiger partial charge in [-0.05, 0) is 40.2 Å². The van der Waals surface area contributed by atoms with Crippen LogP contribution >= 0.6 is 15.9 Å². The Morgan fingerprint density at radius 2 is 1.62 bits per heavy atom. The van der Waals surface area contributed by atoms with E-state index in [4.69, 9.17) is 0 Å². The maximum absolute atomic E-state index is 10.0. The molecule has 5 nitrogen and oxygen atoms in total. The van der Waals surface area contributed by atoms with Gasteiger partial charge in [0.1, 0.15) is 11.3 Å². The van der Waals surface area contributed by atoms with E-state index in [1.54, 1.807) is 6.07 Å². The number of fused-ring (bicyclic) bond motifs is 1. The van der Waals surface area contributed by atoms with Crippen molar-refractivity contribution in [2.24, 2.45) is 0 Å². The van der Waals surface area contributed by atoms with Crippen molar-refractivity contribution in [2.45, 2.75) is 0 Å². The summed E-state index contributed by atoms with van der Waals surface area (Å²) in [6.45, 7) is 3.48. The Morgan fingerprint density at radius 3 is 2.38 bits per heavy atom. The lowest BCUT2D eigenvalue weighted by Gasteiger charge is -2.37. The topological polar surface area (TPSA) is 52.5 Å². The highest BCUT2D eigenvalue weighted by atomic mass is 79.9. The molecule has 0 saturated carbocycles. The number of phenols is 1. The summed E-state index contributed by atoms with van der Waals surface area (Å²) in [7, 11) is 0. The third kappa shape index (κ3) is 2.78. The Labute approximate surface area is 148 Å². The molecule has 1 saturated heterocycles. The van der Waals surface area contributed by atoms with E-state index in [9.17, 15) is 5.11 Å². The van der Waals surface area contributed by atoms with Gasteiger partial charge in [0.15, 0.2) is 0 Å². The van der Waals surface area contributed by atoms with E-state index >= 15 is 0 Å². The summed E-state index contributed by atoms with van der Waals surface area (Å²) in [5.74, 6) is 0.340. The molecule has 122 valence electrons. The lowest BCUT2D eigenvalue weighted by Crippen LogP contribution is -2.46. The number of nitrogens with zero attached hydrogens (tertiary/aromatic N) is 4. The number of anilines is 2. The number of benzene rings is 1. The molecule has 0 aliphatic carbocycles. The normalized spacial score (nSPS) is 15.0. The Kier molecular flexibility index (Phi) is 3.98. The molecule has 24 heavy (non-hydrogen) atoms. The average molecular weight is 385 g/mol. The molecule has 1 aliphatic heterocycles. The van der Waals surface area contributed by atoms with Gasteiger partial charge < -0.3 is 14.9 Å². The maximum Gasteiger partial charge on any atom is 0.138 e. The number of para-hydroxylation sites is 2. The van der Waals surface area contributed by atoms with Crippen LogP contribution in [-0.4, -0.2) is 41.3 Å². The Hall–Kier alpha value is -2.34. The number of pyridine rings is 2. The van der Waals surface area contributed by atoms with Crippen molar-refractivity contribution in [3.05, 3.63) is 53.3 Å². The lowest BCUT2D eigenvalue weighted by atomic mass is 10.2. The molecule has 3 aromatic rings. The van der Waals surface area contributed by atoms with Gasteiger partial charge in [-0.2, -0.15) is 0 Å². The zero-order valence-corrected chi connectivity index (χ0v) is 14.6. The highest BCUT2D eigenvalue weighted by Gasteiger charge is 2.21. The first-order valence-electron chi connectivity index (χ1n) is 7.90. The first-order valence-corrected chi connectivity index (χ1v) is 8.70. The number of piperazine rings is 1. The van der Waals surface area contributed by atoms with E-state index in [0.29, 0.717) is 5.75 Å². The second-order valence-electron chi connectivity index (χ2n) is 5.81. The van der Waals surface area contributed by atoms with E-state index in [1.165, 1.54) is 0 Å². The molecule has 0 bridgehead atoms. The second-order valence-corrected chi connectivity index (χ2v) is 6.73. The van der Waals surface area contributed by atoms with E-state index in [-0.39, 0.29) is 0 Å². The average Bonchev–Trinajstić information content (AvgIpc) is 2.61. The van der Waals surface area contributed by atoms with Gasteiger partial charge in [-0.25, -0.2) is 0 Å². The van der Waals surface area contributed by atoms with Crippen LogP contribution in [0.2, 0.25) is 0 Å². The summed E-state index contributed by atoms with van der Waals surface area (Å²) >= 11 is 3.45. The predicted octanol–water partition coefficient (Wildman–Crippen LogP) is 3.42. The largest absolute Gasteiger partial charge is 0.506 e. The highest BCUT2D eigenvalue weighted by molar-refractivity contribution is 9.10. The molecule has 6 heteroatoms. The number of hydrogen-bond acceptors (Lipinski definition) is 5. The molecular formula is C18H17BrN4O. The maximum atomic E-state index is 10.0. The van der Waals surface area contributed by atoms with Gasteiger partial charge in [0.2, 0.25) is 0 Å². The van der Waals surface area contributed by atoms with Gasteiger partial charge in [0.25, 0.3) is 0 Å². The standard InChI is InChI=1S/C18H17BrN4O/c19-13-11-14-18(21-12-13)16(5-6-20-14)23-9-7-22(8-10-23)15-3-1-2-4-17(15)24/h1-6,11-12,24H,7-10H2. The molecular weight excluding hydrogens is 368 g/mol. The van der Waals surface area contributed by atoms with Crippen molar-refractivity contribution in [1.82, 2.24) is 9.97 Å². The van der Waals surface area contributed by atoms with Crippen LogP contribution in [0.1, 0.15) is 0 Å². The fourth-order valence-electron chi connectivity index (χ4n) is 3.17. The third-order valence-corrected chi connectivity index (χ3v) is 4.80. The van der Waals surface area contributed by atoms with Crippen molar-refractivity contribution in [3.63, 3.8) is 0 Å². The molecule has 3 heterocycles. The van der Waals surface area contributed by atoms with Crippen molar-refractivity contribution in [2.75, 3.05) is 36.0 Å². The molecule has 1 N–H and O–H groups in total. The van der Waals surface area contributed by atoms with Crippen molar-refractivity contribution in [1.29, 1.82) is 0 Å². The van der Waals surface area contributed by atoms with Gasteiger partial charge in [-0.1, -0.05) is 12.1 Å². The molecule has 0 spiro atoms. The second kappa shape index (κ2) is 6.28. The van der Waals surface area contributed by atoms with Crippen LogP contribution in [-0.2, 0) is 0 Å². The minimum atomic E-state index is 0.340. The van der Waals surface area contributed by atoms with Gasteiger partial charge in [-0.15, -0.1) is 0 Å². The van der Waals surface area contributed by atoms with E-state index in [1.807, 2.05) is 42.7 Å². The molecule has 1 aliphatic rings. The fraction of sp³-hybridized carbons (Fsp3) is 0.222. The van der Waals surface area contributed by atoms with Crippen molar-refractivity contribution >= 4 is 38.3 Å². The number of phenolic OH excluding ortho intramolecular Hbond substituents is 1. The van der Waals surface area contributed by atoms with E-state index < -0.39 is 0 Å². The minimum Gasteiger partial charge on any atom is -0.506 e. The monoisotopic (exact) mass is 384 g/mol. The van der Waals surface area contributed by atoms with Crippen LogP contribution in [0, 0.1) is 0 Å². The van der Waals surface area contributed by atoms with Crippen LogP contribution in [0.25, 0.3) is 11.0 Å². The van der Waals surface area contributed by atoms with Crippen LogP contribution in [0.3, 0.4) is 0 Å². The molecule has 2 aromatic heterocycles. The van der Waals surface area contributed by atoms with Crippen LogP contribution in [0.15, 0.2) is 53.3 Å². The first-order chi connectivity index (χ1) is 11.7. The zero-order chi connectivity index (χ0) is 16.5. The number of aromatic nitrogens is 2. The molecule has 1 fully saturated rings. The van der Waals surface area contributed by atoms with Crippen molar-refractivity contribution in [3.8, 4) is 5.75 Å². The number of halogens is 1.